The van der Waals surface area contributed by atoms with Crippen molar-refractivity contribution in [2.45, 2.75) is 25.3 Å². The minimum absolute atomic E-state index is 0.311. The Kier molecular flexibility index (Phi) is 2.85. The summed E-state index contributed by atoms with van der Waals surface area (Å²) >= 11 is 6.12. The zero-order chi connectivity index (χ0) is 11.8. The Morgan fingerprint density at radius 3 is 2.94 bits per heavy atom. The van der Waals surface area contributed by atoms with Crippen molar-refractivity contribution in [1.82, 2.24) is 5.32 Å². The third-order valence-corrected chi connectivity index (χ3v) is 3.77. The van der Waals surface area contributed by atoms with Gasteiger partial charge in [0.05, 0.1) is 11.1 Å². The van der Waals surface area contributed by atoms with Crippen LogP contribution in [0, 0.1) is 5.92 Å². The molecule has 3 rings (SSSR count). The molecule has 1 unspecified atom stereocenters. The van der Waals surface area contributed by atoms with Crippen LogP contribution in [0.2, 0.25) is 5.02 Å². The number of halogens is 1. The molecule has 3 heteroatoms. The number of furan rings is 1. The second kappa shape index (κ2) is 4.35. The Morgan fingerprint density at radius 2 is 2.29 bits per heavy atom. The van der Waals surface area contributed by atoms with E-state index in [4.69, 9.17) is 16.0 Å². The smallest absolute Gasteiger partial charge is 0.152 e. The summed E-state index contributed by atoms with van der Waals surface area (Å²) in [5.74, 6) is 1.87. The molecule has 0 saturated heterocycles. The first-order valence-corrected chi connectivity index (χ1v) is 6.51. The fraction of sp³-hybridized carbons (Fsp3) is 0.429. The largest absolute Gasteiger partial charge is 0.458 e. The molecule has 1 saturated carbocycles. The minimum atomic E-state index is 0.311. The summed E-state index contributed by atoms with van der Waals surface area (Å²) in [5, 5.41) is 5.11. The van der Waals surface area contributed by atoms with Gasteiger partial charge in [-0.2, -0.15) is 0 Å². The number of para-hydroxylation sites is 1. The molecular weight excluding hydrogens is 234 g/mol. The first-order chi connectivity index (χ1) is 8.28. The van der Waals surface area contributed by atoms with Gasteiger partial charge in [0.25, 0.3) is 0 Å². The Hall–Kier alpha value is -0.990. The molecule has 0 aliphatic heterocycles. The van der Waals surface area contributed by atoms with Crippen LogP contribution < -0.4 is 5.32 Å². The molecule has 1 aliphatic rings. The lowest BCUT2D eigenvalue weighted by atomic mass is 10.1. The van der Waals surface area contributed by atoms with Crippen molar-refractivity contribution in [2.75, 3.05) is 7.05 Å². The average Bonchev–Trinajstić information content (AvgIpc) is 3.04. The molecule has 90 valence electrons. The fourth-order valence-corrected chi connectivity index (χ4v) is 2.50. The number of hydrogen-bond acceptors (Lipinski definition) is 2. The summed E-state index contributed by atoms with van der Waals surface area (Å²) in [6.07, 6.45) is 3.88. The quantitative estimate of drug-likeness (QED) is 0.881. The average molecular weight is 250 g/mol. The highest BCUT2D eigenvalue weighted by atomic mass is 35.5. The molecule has 1 heterocycles. The van der Waals surface area contributed by atoms with Gasteiger partial charge in [-0.3, -0.25) is 0 Å². The normalized spacial score (nSPS) is 17.5. The molecular formula is C14H16ClNO. The van der Waals surface area contributed by atoms with Gasteiger partial charge in [0, 0.05) is 5.39 Å². The molecule has 1 aromatic heterocycles. The van der Waals surface area contributed by atoms with E-state index in [9.17, 15) is 0 Å². The van der Waals surface area contributed by atoms with Crippen molar-refractivity contribution >= 4 is 22.6 Å². The van der Waals surface area contributed by atoms with Crippen LogP contribution in [0.25, 0.3) is 11.0 Å². The monoisotopic (exact) mass is 249 g/mol. The molecule has 1 fully saturated rings. The van der Waals surface area contributed by atoms with Crippen molar-refractivity contribution < 1.29 is 4.42 Å². The van der Waals surface area contributed by atoms with Crippen LogP contribution in [0.15, 0.2) is 28.7 Å². The highest BCUT2D eigenvalue weighted by molar-refractivity contribution is 6.34. The number of rotatable bonds is 4. The lowest BCUT2D eigenvalue weighted by Gasteiger charge is -2.12. The van der Waals surface area contributed by atoms with Crippen molar-refractivity contribution in [3.8, 4) is 0 Å². The number of benzene rings is 1. The molecule has 0 spiro atoms. The van der Waals surface area contributed by atoms with Gasteiger partial charge >= 0.3 is 0 Å². The number of fused-ring (bicyclic) bond motifs is 1. The summed E-state index contributed by atoms with van der Waals surface area (Å²) in [5.41, 5.74) is 0.806. The van der Waals surface area contributed by atoms with E-state index in [1.54, 1.807) is 0 Å². The molecule has 1 N–H and O–H groups in total. The number of nitrogens with one attached hydrogen (secondary N) is 1. The van der Waals surface area contributed by atoms with E-state index in [0.717, 1.165) is 29.1 Å². The second-order valence-corrected chi connectivity index (χ2v) is 5.23. The van der Waals surface area contributed by atoms with Crippen molar-refractivity contribution in [3.63, 3.8) is 0 Å². The van der Waals surface area contributed by atoms with Gasteiger partial charge in [-0.15, -0.1) is 0 Å². The topological polar surface area (TPSA) is 25.2 Å². The van der Waals surface area contributed by atoms with E-state index in [0.29, 0.717) is 11.1 Å². The van der Waals surface area contributed by atoms with E-state index in [1.165, 1.54) is 12.8 Å². The Balaban J connectivity index is 1.95. The lowest BCUT2D eigenvalue weighted by Crippen LogP contribution is -2.16. The SMILES string of the molecule is CNC(CC1CC1)c1cc2cccc(Cl)c2o1. The molecule has 1 atom stereocenters. The van der Waals surface area contributed by atoms with Crippen molar-refractivity contribution in [1.29, 1.82) is 0 Å². The maximum Gasteiger partial charge on any atom is 0.152 e. The van der Waals surface area contributed by atoms with Crippen LogP contribution in [0.5, 0.6) is 0 Å². The van der Waals surface area contributed by atoms with Crippen molar-refractivity contribution in [2.24, 2.45) is 5.92 Å². The third-order valence-electron chi connectivity index (χ3n) is 3.47. The van der Waals surface area contributed by atoms with Crippen LogP contribution in [-0.4, -0.2) is 7.05 Å². The predicted octanol–water partition coefficient (Wildman–Crippen LogP) is 4.15. The standard InChI is InChI=1S/C14H16ClNO/c1-16-12(7-9-5-6-9)13-8-10-3-2-4-11(15)14(10)17-13/h2-4,8-9,12,16H,5-7H2,1H3. The molecule has 1 aliphatic carbocycles. The molecule has 2 nitrogen and oxygen atoms in total. The van der Waals surface area contributed by atoms with Crippen LogP contribution in [-0.2, 0) is 0 Å². The Morgan fingerprint density at radius 1 is 1.47 bits per heavy atom. The predicted molar refractivity (Wildman–Crippen MR) is 70.4 cm³/mol. The zero-order valence-electron chi connectivity index (χ0n) is 9.87. The van der Waals surface area contributed by atoms with Gasteiger partial charge in [0.1, 0.15) is 5.76 Å². The molecule has 0 bridgehead atoms. The van der Waals surface area contributed by atoms with Gasteiger partial charge in [-0.1, -0.05) is 36.6 Å². The first kappa shape index (κ1) is 11.1. The van der Waals surface area contributed by atoms with Crippen LogP contribution >= 0.6 is 11.6 Å². The van der Waals surface area contributed by atoms with Gasteiger partial charge in [-0.25, -0.2) is 0 Å². The van der Waals surface area contributed by atoms with E-state index in [-0.39, 0.29) is 0 Å². The lowest BCUT2D eigenvalue weighted by molar-refractivity contribution is 0.417. The van der Waals surface area contributed by atoms with E-state index < -0.39 is 0 Å². The maximum atomic E-state index is 6.12. The van der Waals surface area contributed by atoms with Crippen LogP contribution in [0.3, 0.4) is 0 Å². The summed E-state index contributed by atoms with van der Waals surface area (Å²) in [6.45, 7) is 0. The van der Waals surface area contributed by atoms with Gasteiger partial charge in [0.15, 0.2) is 5.58 Å². The summed E-state index contributed by atoms with van der Waals surface area (Å²) in [6, 6.07) is 8.28. The first-order valence-electron chi connectivity index (χ1n) is 6.13. The zero-order valence-corrected chi connectivity index (χ0v) is 10.6. The van der Waals surface area contributed by atoms with E-state index in [1.807, 2.05) is 25.2 Å². The Labute approximate surface area is 106 Å². The van der Waals surface area contributed by atoms with Crippen molar-refractivity contribution in [3.05, 3.63) is 35.0 Å². The van der Waals surface area contributed by atoms with Gasteiger partial charge in [0.2, 0.25) is 0 Å². The second-order valence-electron chi connectivity index (χ2n) is 4.83. The molecule has 17 heavy (non-hydrogen) atoms. The van der Waals surface area contributed by atoms with E-state index >= 15 is 0 Å². The fourth-order valence-electron chi connectivity index (χ4n) is 2.28. The highest BCUT2D eigenvalue weighted by Gasteiger charge is 2.27. The molecule has 1 aromatic carbocycles. The summed E-state index contributed by atoms with van der Waals surface area (Å²) < 4.78 is 5.89. The number of hydrogen-bond donors (Lipinski definition) is 1. The third kappa shape index (κ3) is 2.20. The molecule has 0 amide bonds. The maximum absolute atomic E-state index is 6.12. The molecule has 2 aromatic rings. The Bertz CT molecular complexity index is 530. The highest BCUT2D eigenvalue weighted by Crippen LogP contribution is 2.39. The van der Waals surface area contributed by atoms with Gasteiger partial charge in [-0.05, 0) is 31.5 Å². The van der Waals surface area contributed by atoms with Crippen LogP contribution in [0.1, 0.15) is 31.1 Å². The summed E-state index contributed by atoms with van der Waals surface area (Å²) in [4.78, 5) is 0. The minimum Gasteiger partial charge on any atom is -0.458 e. The van der Waals surface area contributed by atoms with Crippen LogP contribution in [0.4, 0.5) is 0 Å². The van der Waals surface area contributed by atoms with Gasteiger partial charge < -0.3 is 9.73 Å². The molecule has 0 radical (unpaired) electrons. The summed E-state index contributed by atoms with van der Waals surface area (Å²) in [7, 11) is 1.99. The van der Waals surface area contributed by atoms with E-state index in [2.05, 4.69) is 11.4 Å².